The van der Waals surface area contributed by atoms with Crippen molar-refractivity contribution in [3.8, 4) is 0 Å². The number of nitrogens with zero attached hydrogens (tertiary/aromatic N) is 2. The number of thioether (sulfide) groups is 2. The third kappa shape index (κ3) is 2.81. The van der Waals surface area contributed by atoms with Crippen LogP contribution >= 0.6 is 35.1 Å². The normalized spacial score (nSPS) is 17.7. The molecule has 1 atom stereocenters. The highest BCUT2D eigenvalue weighted by molar-refractivity contribution is 8.03. The molecule has 0 saturated carbocycles. The number of hydrogen-bond acceptors (Lipinski definition) is 3. The predicted octanol–water partition coefficient (Wildman–Crippen LogP) is 3.97. The lowest BCUT2D eigenvalue weighted by Crippen LogP contribution is -2.05. The molecule has 1 aliphatic heterocycles. The maximum Gasteiger partial charge on any atom is 0.167 e. The Morgan fingerprint density at radius 1 is 1.47 bits per heavy atom. The van der Waals surface area contributed by atoms with Crippen molar-refractivity contribution in [3.05, 3.63) is 41.7 Å². The molecule has 100 valence electrons. The molecule has 0 saturated heterocycles. The average Bonchev–Trinajstić information content (AvgIpc) is 2.99. The van der Waals surface area contributed by atoms with Crippen LogP contribution in [0.25, 0.3) is 0 Å². The molecular weight excluding hydrogens is 296 g/mol. The average molecular weight is 311 g/mol. The van der Waals surface area contributed by atoms with Gasteiger partial charge < -0.3 is 4.57 Å². The first-order valence-electron chi connectivity index (χ1n) is 6.22. The Hall–Kier alpha value is -0.580. The van der Waals surface area contributed by atoms with Crippen molar-refractivity contribution in [2.75, 3.05) is 5.75 Å². The number of benzene rings is 1. The molecule has 0 fully saturated rings. The monoisotopic (exact) mass is 310 g/mol. The van der Waals surface area contributed by atoms with E-state index in [9.17, 15) is 0 Å². The first-order valence-corrected chi connectivity index (χ1v) is 8.62. The highest BCUT2D eigenvalue weighted by Crippen LogP contribution is 2.39. The van der Waals surface area contributed by atoms with E-state index in [1.807, 2.05) is 36.8 Å². The summed E-state index contributed by atoms with van der Waals surface area (Å²) in [6, 6.07) is 8.70. The summed E-state index contributed by atoms with van der Waals surface area (Å²) in [5.41, 5.74) is 2.56. The van der Waals surface area contributed by atoms with Crippen LogP contribution in [0.5, 0.6) is 0 Å². The van der Waals surface area contributed by atoms with Gasteiger partial charge in [0.05, 0.1) is 17.8 Å². The van der Waals surface area contributed by atoms with Gasteiger partial charge in [0.1, 0.15) is 0 Å². The van der Waals surface area contributed by atoms with Crippen LogP contribution in [0.15, 0.2) is 40.5 Å². The van der Waals surface area contributed by atoms with E-state index in [1.165, 1.54) is 16.9 Å². The third-order valence-corrected chi connectivity index (χ3v) is 6.30. The smallest absolute Gasteiger partial charge is 0.167 e. The van der Waals surface area contributed by atoms with E-state index in [1.54, 1.807) is 0 Å². The summed E-state index contributed by atoms with van der Waals surface area (Å²) in [6.45, 7) is 0. The van der Waals surface area contributed by atoms with E-state index in [0.717, 1.165) is 16.6 Å². The molecule has 0 amide bonds. The van der Waals surface area contributed by atoms with Gasteiger partial charge in [-0.3, -0.25) is 0 Å². The Bertz CT molecular complexity index is 558. The van der Waals surface area contributed by atoms with Crippen molar-refractivity contribution < 1.29 is 0 Å². The summed E-state index contributed by atoms with van der Waals surface area (Å²) in [6.07, 6.45) is 3.03. The molecule has 1 aliphatic rings. The largest absolute Gasteiger partial charge is 0.325 e. The number of hydrogen-bond donors (Lipinski definition) is 0. The minimum absolute atomic E-state index is 0.522. The summed E-state index contributed by atoms with van der Waals surface area (Å²) >= 11 is 9.67. The van der Waals surface area contributed by atoms with Crippen LogP contribution in [-0.2, 0) is 19.3 Å². The lowest BCUT2D eigenvalue weighted by molar-refractivity contribution is 0.760. The second kappa shape index (κ2) is 5.81. The summed E-state index contributed by atoms with van der Waals surface area (Å²) in [7, 11) is 2.03. The van der Waals surface area contributed by atoms with E-state index < -0.39 is 0 Å². The van der Waals surface area contributed by atoms with E-state index in [0.29, 0.717) is 11.1 Å². The van der Waals surface area contributed by atoms with E-state index in [-0.39, 0.29) is 0 Å². The molecule has 3 rings (SSSR count). The van der Waals surface area contributed by atoms with Gasteiger partial charge in [0.2, 0.25) is 0 Å². The molecule has 0 spiro atoms. The van der Waals surface area contributed by atoms with Gasteiger partial charge >= 0.3 is 0 Å². The Labute approximate surface area is 126 Å². The van der Waals surface area contributed by atoms with Crippen molar-refractivity contribution in [1.82, 2.24) is 9.55 Å². The molecule has 0 radical (unpaired) electrons. The fourth-order valence-electron chi connectivity index (χ4n) is 2.20. The minimum atomic E-state index is 0.522. The Balaban J connectivity index is 1.61. The molecule has 0 N–H and O–H groups in total. The third-order valence-electron chi connectivity index (χ3n) is 3.29. The zero-order valence-electron chi connectivity index (χ0n) is 10.7. The Morgan fingerprint density at radius 3 is 3.05 bits per heavy atom. The highest BCUT2D eigenvalue weighted by Gasteiger charge is 2.22. The highest BCUT2D eigenvalue weighted by atomic mass is 35.5. The fourth-order valence-corrected chi connectivity index (χ4v) is 4.90. The van der Waals surface area contributed by atoms with Crippen LogP contribution in [-0.4, -0.2) is 20.6 Å². The number of alkyl halides is 1. The van der Waals surface area contributed by atoms with Crippen molar-refractivity contribution in [1.29, 1.82) is 0 Å². The zero-order chi connectivity index (χ0) is 13.2. The van der Waals surface area contributed by atoms with Gasteiger partial charge in [0.25, 0.3) is 0 Å². The van der Waals surface area contributed by atoms with Crippen LogP contribution in [0.2, 0.25) is 0 Å². The van der Waals surface area contributed by atoms with Gasteiger partial charge in [-0.05, 0) is 18.1 Å². The Kier molecular flexibility index (Phi) is 4.10. The summed E-state index contributed by atoms with van der Waals surface area (Å²) in [4.78, 5) is 5.87. The van der Waals surface area contributed by atoms with Crippen LogP contribution < -0.4 is 0 Å². The van der Waals surface area contributed by atoms with Gasteiger partial charge in [-0.25, -0.2) is 4.98 Å². The lowest BCUT2D eigenvalue weighted by Gasteiger charge is -2.08. The molecular formula is C14H15ClN2S2. The number of halogens is 1. The van der Waals surface area contributed by atoms with Gasteiger partial charge in [-0.2, -0.15) is 0 Å². The molecule has 2 heterocycles. The van der Waals surface area contributed by atoms with E-state index >= 15 is 0 Å². The molecule has 2 nitrogen and oxygen atoms in total. The number of aromatic nitrogens is 2. The van der Waals surface area contributed by atoms with Gasteiger partial charge in [-0.1, -0.05) is 30.0 Å². The lowest BCUT2D eigenvalue weighted by atomic mass is 10.1. The van der Waals surface area contributed by atoms with Crippen LogP contribution in [0.3, 0.4) is 0 Å². The van der Waals surface area contributed by atoms with Gasteiger partial charge in [0, 0.05) is 22.9 Å². The molecule has 19 heavy (non-hydrogen) atoms. The zero-order valence-corrected chi connectivity index (χ0v) is 13.1. The van der Waals surface area contributed by atoms with E-state index in [2.05, 4.69) is 33.8 Å². The second-order valence-electron chi connectivity index (χ2n) is 4.59. The summed E-state index contributed by atoms with van der Waals surface area (Å²) in [5.74, 6) is 1.61. The van der Waals surface area contributed by atoms with Gasteiger partial charge in [-0.15, -0.1) is 23.4 Å². The summed E-state index contributed by atoms with van der Waals surface area (Å²) < 4.78 is 2.09. The summed E-state index contributed by atoms with van der Waals surface area (Å²) in [5, 5.41) is 1.71. The topological polar surface area (TPSA) is 17.8 Å². The molecule has 0 aliphatic carbocycles. The maximum absolute atomic E-state index is 5.86. The standard InChI is InChI=1S/C14H15ClN2S2/c1-17-11(7-15)8-16-14(17)18-9-12-6-10-4-2-3-5-13(10)19-12/h2-5,8,12H,6-7,9H2,1H3. The number of imidazole rings is 1. The first kappa shape index (κ1) is 13.4. The van der Waals surface area contributed by atoms with Gasteiger partial charge in [0.15, 0.2) is 5.16 Å². The Morgan fingerprint density at radius 2 is 2.32 bits per heavy atom. The predicted molar refractivity (Wildman–Crippen MR) is 83.3 cm³/mol. The molecule has 2 aromatic rings. The number of rotatable bonds is 4. The fraction of sp³-hybridized carbons (Fsp3) is 0.357. The van der Waals surface area contributed by atoms with Crippen LogP contribution in [0.1, 0.15) is 11.3 Å². The minimum Gasteiger partial charge on any atom is -0.325 e. The van der Waals surface area contributed by atoms with Crippen molar-refractivity contribution in [2.45, 2.75) is 27.6 Å². The van der Waals surface area contributed by atoms with Crippen LogP contribution in [0.4, 0.5) is 0 Å². The first-order chi connectivity index (χ1) is 9.28. The molecule has 1 aromatic carbocycles. The molecule has 5 heteroatoms. The number of fused-ring (bicyclic) bond motifs is 1. The second-order valence-corrected chi connectivity index (χ2v) is 7.18. The van der Waals surface area contributed by atoms with Crippen molar-refractivity contribution in [2.24, 2.45) is 7.05 Å². The van der Waals surface area contributed by atoms with E-state index in [4.69, 9.17) is 11.6 Å². The molecule has 1 aromatic heterocycles. The SMILES string of the molecule is Cn1c(CCl)cnc1SCC1Cc2ccccc2S1. The van der Waals surface area contributed by atoms with Crippen molar-refractivity contribution >= 4 is 35.1 Å². The van der Waals surface area contributed by atoms with Crippen molar-refractivity contribution in [3.63, 3.8) is 0 Å². The quantitative estimate of drug-likeness (QED) is 0.628. The van der Waals surface area contributed by atoms with Crippen LogP contribution in [0, 0.1) is 0 Å². The molecule has 0 bridgehead atoms. The molecule has 1 unspecified atom stereocenters. The maximum atomic E-state index is 5.86.